The number of rotatable bonds is 3. The molecule has 0 atom stereocenters. The number of anilines is 1. The van der Waals surface area contributed by atoms with Crippen LogP contribution in [0.1, 0.15) is 30.2 Å². The summed E-state index contributed by atoms with van der Waals surface area (Å²) in [6.07, 6.45) is 0. The van der Waals surface area contributed by atoms with E-state index in [1.165, 1.54) is 35.2 Å². The van der Waals surface area contributed by atoms with Gasteiger partial charge in [0.15, 0.2) is 5.60 Å². The summed E-state index contributed by atoms with van der Waals surface area (Å²) >= 11 is 0. The van der Waals surface area contributed by atoms with E-state index in [-0.39, 0.29) is 29.7 Å². The maximum Gasteiger partial charge on any atom is 0.371 e. The number of carbonyl (C=O) groups excluding carboxylic acids is 1. The van der Waals surface area contributed by atoms with Crippen LogP contribution in [0.5, 0.6) is 5.75 Å². The lowest BCUT2D eigenvalue weighted by atomic mass is 10.0. The van der Waals surface area contributed by atoms with Crippen molar-refractivity contribution >= 4 is 17.6 Å². The van der Waals surface area contributed by atoms with Crippen molar-refractivity contribution in [3.8, 4) is 5.75 Å². The number of furan rings is 1. The van der Waals surface area contributed by atoms with Crippen LogP contribution in [0.4, 0.5) is 10.1 Å². The van der Waals surface area contributed by atoms with Crippen LogP contribution in [-0.4, -0.2) is 22.6 Å². The van der Waals surface area contributed by atoms with E-state index in [4.69, 9.17) is 14.3 Å². The third kappa shape index (κ3) is 2.65. The predicted octanol–water partition coefficient (Wildman–Crippen LogP) is 2.82. The highest BCUT2D eigenvalue weighted by Crippen LogP contribution is 2.39. The van der Waals surface area contributed by atoms with Gasteiger partial charge in [-0.15, -0.1) is 0 Å². The maximum atomic E-state index is 13.5. The van der Waals surface area contributed by atoms with Crippen molar-refractivity contribution in [3.05, 3.63) is 47.7 Å². The Morgan fingerprint density at radius 2 is 2.04 bits per heavy atom. The van der Waals surface area contributed by atoms with Crippen molar-refractivity contribution < 1.29 is 28.2 Å². The molecule has 1 aliphatic heterocycles. The fourth-order valence-corrected chi connectivity index (χ4v) is 2.43. The number of nitrogens with zero attached hydrogens (tertiary/aromatic N) is 1. The Kier molecular flexibility index (Phi) is 3.35. The van der Waals surface area contributed by atoms with Crippen LogP contribution in [0.15, 0.2) is 34.7 Å². The van der Waals surface area contributed by atoms with Gasteiger partial charge in [0.1, 0.15) is 17.3 Å². The number of amides is 1. The van der Waals surface area contributed by atoms with Crippen LogP contribution in [0.25, 0.3) is 0 Å². The molecule has 1 aliphatic rings. The van der Waals surface area contributed by atoms with Crippen molar-refractivity contribution in [1.82, 2.24) is 0 Å². The van der Waals surface area contributed by atoms with Crippen LogP contribution >= 0.6 is 0 Å². The van der Waals surface area contributed by atoms with E-state index in [2.05, 4.69) is 0 Å². The molecular weight excluding hydrogens is 305 g/mol. The van der Waals surface area contributed by atoms with Crippen molar-refractivity contribution in [2.24, 2.45) is 0 Å². The number of carbonyl (C=O) groups is 2. The van der Waals surface area contributed by atoms with E-state index in [1.54, 1.807) is 13.8 Å². The number of ether oxygens (including phenoxy) is 1. The summed E-state index contributed by atoms with van der Waals surface area (Å²) in [5.41, 5.74) is -0.838. The Morgan fingerprint density at radius 3 is 2.70 bits per heavy atom. The molecule has 0 radical (unpaired) electrons. The minimum absolute atomic E-state index is 0.0185. The molecule has 0 unspecified atom stereocenters. The predicted molar refractivity (Wildman–Crippen MR) is 78.0 cm³/mol. The zero-order valence-electron chi connectivity index (χ0n) is 12.5. The van der Waals surface area contributed by atoms with Crippen LogP contribution in [0.2, 0.25) is 0 Å². The molecule has 6 nitrogen and oxygen atoms in total. The number of hydrogen-bond acceptors (Lipinski definition) is 4. The van der Waals surface area contributed by atoms with E-state index in [0.29, 0.717) is 5.75 Å². The van der Waals surface area contributed by atoms with Gasteiger partial charge in [-0.3, -0.25) is 9.69 Å². The summed E-state index contributed by atoms with van der Waals surface area (Å²) in [7, 11) is 0. The summed E-state index contributed by atoms with van der Waals surface area (Å²) in [6.45, 7) is 3.20. The molecule has 2 heterocycles. The number of fused-ring (bicyclic) bond motifs is 1. The van der Waals surface area contributed by atoms with E-state index in [0.717, 1.165) is 0 Å². The first-order valence-electron chi connectivity index (χ1n) is 6.90. The van der Waals surface area contributed by atoms with Crippen molar-refractivity contribution in [2.45, 2.75) is 26.0 Å². The first-order chi connectivity index (χ1) is 10.8. The van der Waals surface area contributed by atoms with Crippen LogP contribution < -0.4 is 9.64 Å². The molecule has 0 bridgehead atoms. The summed E-state index contributed by atoms with van der Waals surface area (Å²) in [4.78, 5) is 24.8. The van der Waals surface area contributed by atoms with Gasteiger partial charge in [0.05, 0.1) is 12.2 Å². The van der Waals surface area contributed by atoms with Gasteiger partial charge in [-0.25, -0.2) is 9.18 Å². The number of carboxylic acid groups (broad SMARTS) is 1. The third-order valence-corrected chi connectivity index (χ3v) is 3.52. The highest BCUT2D eigenvalue weighted by atomic mass is 19.1. The number of aromatic carboxylic acids is 1. The third-order valence-electron chi connectivity index (χ3n) is 3.52. The van der Waals surface area contributed by atoms with Crippen LogP contribution in [0.3, 0.4) is 0 Å². The Bertz CT molecular complexity index is 796. The highest BCUT2D eigenvalue weighted by Gasteiger charge is 2.41. The summed E-state index contributed by atoms with van der Waals surface area (Å²) in [5, 5.41) is 8.89. The van der Waals surface area contributed by atoms with Crippen molar-refractivity contribution in [1.29, 1.82) is 0 Å². The second-order valence-corrected chi connectivity index (χ2v) is 5.69. The van der Waals surface area contributed by atoms with E-state index < -0.39 is 17.4 Å². The normalized spacial score (nSPS) is 16.0. The summed E-state index contributed by atoms with van der Waals surface area (Å²) < 4.78 is 24.3. The monoisotopic (exact) mass is 319 g/mol. The molecule has 0 fully saturated rings. The first-order valence-corrected chi connectivity index (χ1v) is 6.90. The van der Waals surface area contributed by atoms with Gasteiger partial charge in [0, 0.05) is 6.07 Å². The lowest BCUT2D eigenvalue weighted by molar-refractivity contribution is -0.132. The largest absolute Gasteiger partial charge is 0.476 e. The van der Waals surface area contributed by atoms with Crippen molar-refractivity contribution in [2.75, 3.05) is 4.90 Å². The average Bonchev–Trinajstić information content (AvgIpc) is 2.93. The second kappa shape index (κ2) is 5.12. The fraction of sp³-hybridized carbons (Fsp3) is 0.250. The average molecular weight is 319 g/mol. The van der Waals surface area contributed by atoms with Crippen molar-refractivity contribution in [3.63, 3.8) is 0 Å². The number of benzene rings is 1. The quantitative estimate of drug-likeness (QED) is 0.941. The highest BCUT2D eigenvalue weighted by molar-refractivity contribution is 6.02. The molecule has 1 N–H and O–H groups in total. The minimum atomic E-state index is -1.20. The van der Waals surface area contributed by atoms with E-state index in [1.807, 2.05) is 0 Å². The SMILES string of the molecule is CC1(C)Oc2ccc(F)cc2N(Cc2ccc(C(=O)O)o2)C1=O. The lowest BCUT2D eigenvalue weighted by Gasteiger charge is -2.38. The standard InChI is InChI=1S/C16H14FNO5/c1-16(2)15(21)18(8-10-4-6-13(22-10)14(19)20)11-7-9(17)3-5-12(11)23-16/h3-7H,8H2,1-2H3,(H,19,20). The zero-order chi connectivity index (χ0) is 16.8. The Balaban J connectivity index is 2.00. The number of hydrogen-bond donors (Lipinski definition) is 1. The fourth-order valence-electron chi connectivity index (χ4n) is 2.43. The Morgan fingerprint density at radius 1 is 1.30 bits per heavy atom. The molecule has 0 saturated heterocycles. The van der Waals surface area contributed by atoms with Gasteiger partial charge in [0.2, 0.25) is 5.76 Å². The summed E-state index contributed by atoms with van der Waals surface area (Å²) in [6, 6.07) is 6.68. The smallest absolute Gasteiger partial charge is 0.371 e. The van der Waals surface area contributed by atoms with Crippen LogP contribution in [0, 0.1) is 5.82 Å². The second-order valence-electron chi connectivity index (χ2n) is 5.69. The van der Waals surface area contributed by atoms with E-state index >= 15 is 0 Å². The van der Waals surface area contributed by atoms with Crippen LogP contribution in [-0.2, 0) is 11.3 Å². The summed E-state index contributed by atoms with van der Waals surface area (Å²) in [5.74, 6) is -1.64. The van der Waals surface area contributed by atoms with E-state index in [9.17, 15) is 14.0 Å². The molecular formula is C16H14FNO5. The molecule has 2 aromatic rings. The minimum Gasteiger partial charge on any atom is -0.476 e. The molecule has 1 aromatic heterocycles. The van der Waals surface area contributed by atoms with Gasteiger partial charge in [0.25, 0.3) is 5.91 Å². The van der Waals surface area contributed by atoms with Gasteiger partial charge in [-0.05, 0) is 38.1 Å². The van der Waals surface area contributed by atoms with Gasteiger partial charge < -0.3 is 14.3 Å². The molecule has 23 heavy (non-hydrogen) atoms. The lowest BCUT2D eigenvalue weighted by Crippen LogP contribution is -2.52. The number of carboxylic acids is 1. The zero-order valence-corrected chi connectivity index (χ0v) is 12.5. The maximum absolute atomic E-state index is 13.5. The molecule has 1 aromatic carbocycles. The van der Waals surface area contributed by atoms with Gasteiger partial charge >= 0.3 is 5.97 Å². The molecule has 0 saturated carbocycles. The number of halogens is 1. The molecule has 0 spiro atoms. The molecule has 1 amide bonds. The van der Waals surface area contributed by atoms with Gasteiger partial charge in [-0.2, -0.15) is 0 Å². The molecule has 3 rings (SSSR count). The molecule has 120 valence electrons. The first kappa shape index (κ1) is 15.1. The van der Waals surface area contributed by atoms with Gasteiger partial charge in [-0.1, -0.05) is 0 Å². The Hall–Kier alpha value is -2.83. The topological polar surface area (TPSA) is 80.0 Å². The molecule has 7 heteroatoms. The Labute approximate surface area is 131 Å². The molecule has 0 aliphatic carbocycles.